The molecule has 0 unspecified atom stereocenters. The standard InChI is InChI=1S/C12H8N4O5/c17-10-4-1-8(2-5-10)13-14-11-6-3-9(15(18)19)7-12(11)16(20)21/h1-7,17H/b14-13+. The van der Waals surface area contributed by atoms with E-state index in [0.29, 0.717) is 5.69 Å². The topological polar surface area (TPSA) is 131 Å². The van der Waals surface area contributed by atoms with Gasteiger partial charge in [-0.05, 0) is 30.3 Å². The monoisotopic (exact) mass is 288 g/mol. The zero-order valence-corrected chi connectivity index (χ0v) is 10.4. The van der Waals surface area contributed by atoms with Gasteiger partial charge < -0.3 is 5.11 Å². The van der Waals surface area contributed by atoms with E-state index in [4.69, 9.17) is 5.11 Å². The van der Waals surface area contributed by atoms with Crippen LogP contribution in [0.25, 0.3) is 0 Å². The van der Waals surface area contributed by atoms with Crippen LogP contribution < -0.4 is 0 Å². The first-order valence-corrected chi connectivity index (χ1v) is 5.61. The second-order valence-electron chi connectivity index (χ2n) is 3.90. The molecule has 9 nitrogen and oxygen atoms in total. The Kier molecular flexibility index (Phi) is 3.84. The summed E-state index contributed by atoms with van der Waals surface area (Å²) >= 11 is 0. The van der Waals surface area contributed by atoms with E-state index in [1.165, 1.54) is 24.3 Å². The Morgan fingerprint density at radius 3 is 2.14 bits per heavy atom. The van der Waals surface area contributed by atoms with Gasteiger partial charge in [-0.25, -0.2) is 0 Å². The Bertz CT molecular complexity index is 727. The number of azo groups is 1. The molecule has 0 atom stereocenters. The number of non-ortho nitro benzene ring substituents is 1. The van der Waals surface area contributed by atoms with Crippen LogP contribution in [0.4, 0.5) is 22.7 Å². The highest BCUT2D eigenvalue weighted by atomic mass is 16.6. The van der Waals surface area contributed by atoms with Gasteiger partial charge in [-0.1, -0.05) is 0 Å². The lowest BCUT2D eigenvalue weighted by Gasteiger charge is -1.97. The predicted octanol–water partition coefficient (Wildman–Crippen LogP) is 3.62. The molecule has 2 rings (SSSR count). The van der Waals surface area contributed by atoms with Crippen LogP contribution in [0.15, 0.2) is 52.7 Å². The van der Waals surface area contributed by atoms with Crippen molar-refractivity contribution in [2.24, 2.45) is 10.2 Å². The molecule has 0 aliphatic heterocycles. The number of hydrogen-bond acceptors (Lipinski definition) is 7. The molecule has 1 N–H and O–H groups in total. The van der Waals surface area contributed by atoms with Crippen molar-refractivity contribution in [3.05, 3.63) is 62.7 Å². The van der Waals surface area contributed by atoms with Crippen LogP contribution in [0.5, 0.6) is 5.75 Å². The summed E-state index contributed by atoms with van der Waals surface area (Å²) < 4.78 is 0. The molecule has 0 bridgehead atoms. The van der Waals surface area contributed by atoms with Crippen molar-refractivity contribution in [3.63, 3.8) is 0 Å². The van der Waals surface area contributed by atoms with E-state index in [9.17, 15) is 20.2 Å². The second-order valence-corrected chi connectivity index (χ2v) is 3.90. The maximum Gasteiger partial charge on any atom is 0.303 e. The highest BCUT2D eigenvalue weighted by molar-refractivity contribution is 5.61. The van der Waals surface area contributed by atoms with Crippen molar-refractivity contribution >= 4 is 22.7 Å². The van der Waals surface area contributed by atoms with Crippen molar-refractivity contribution in [2.75, 3.05) is 0 Å². The predicted molar refractivity (Wildman–Crippen MR) is 72.0 cm³/mol. The quantitative estimate of drug-likeness (QED) is 0.521. The van der Waals surface area contributed by atoms with E-state index in [1.54, 1.807) is 0 Å². The Balaban J connectivity index is 2.37. The highest BCUT2D eigenvalue weighted by Gasteiger charge is 2.19. The summed E-state index contributed by atoms with van der Waals surface area (Å²) in [4.78, 5) is 20.0. The number of nitro benzene ring substituents is 2. The van der Waals surface area contributed by atoms with Gasteiger partial charge in [0.15, 0.2) is 5.69 Å². The third-order valence-corrected chi connectivity index (χ3v) is 2.49. The van der Waals surface area contributed by atoms with E-state index < -0.39 is 21.2 Å². The van der Waals surface area contributed by atoms with Gasteiger partial charge in [-0.3, -0.25) is 20.2 Å². The third-order valence-electron chi connectivity index (χ3n) is 2.49. The lowest BCUT2D eigenvalue weighted by Crippen LogP contribution is -1.92. The number of rotatable bonds is 4. The first-order chi connectivity index (χ1) is 9.97. The van der Waals surface area contributed by atoms with Gasteiger partial charge in [0.25, 0.3) is 5.69 Å². The zero-order valence-electron chi connectivity index (χ0n) is 10.4. The second kappa shape index (κ2) is 5.74. The number of nitro groups is 2. The van der Waals surface area contributed by atoms with Crippen LogP contribution in [-0.4, -0.2) is 15.0 Å². The minimum Gasteiger partial charge on any atom is -0.508 e. The van der Waals surface area contributed by atoms with Gasteiger partial charge in [-0.15, -0.1) is 5.11 Å². The molecule has 21 heavy (non-hydrogen) atoms. The SMILES string of the molecule is O=[N+]([O-])c1ccc(/N=N/c2ccc(O)cc2)c([N+](=O)[O-])c1. The minimum atomic E-state index is -0.766. The number of nitrogens with zero attached hydrogens (tertiary/aromatic N) is 4. The Labute approximate surface area is 117 Å². The van der Waals surface area contributed by atoms with E-state index >= 15 is 0 Å². The van der Waals surface area contributed by atoms with Crippen LogP contribution in [0, 0.1) is 20.2 Å². The maximum absolute atomic E-state index is 10.9. The molecule has 9 heteroatoms. The van der Waals surface area contributed by atoms with E-state index in [2.05, 4.69) is 10.2 Å². The van der Waals surface area contributed by atoms with Gasteiger partial charge in [0.05, 0.1) is 21.6 Å². The summed E-state index contributed by atoms with van der Waals surface area (Å²) in [5, 5.41) is 38.1. The van der Waals surface area contributed by atoms with Gasteiger partial charge >= 0.3 is 5.69 Å². The smallest absolute Gasteiger partial charge is 0.303 e. The molecule has 0 saturated carbocycles. The molecular formula is C12H8N4O5. The fourth-order valence-corrected chi connectivity index (χ4v) is 1.49. The molecule has 2 aromatic rings. The van der Waals surface area contributed by atoms with Crippen LogP contribution in [-0.2, 0) is 0 Å². The van der Waals surface area contributed by atoms with Gasteiger partial charge in [0, 0.05) is 6.07 Å². The van der Waals surface area contributed by atoms with Crippen molar-refractivity contribution < 1.29 is 15.0 Å². The number of benzene rings is 2. The summed E-state index contributed by atoms with van der Waals surface area (Å²) in [5.74, 6) is 0.0512. The number of phenols is 1. The van der Waals surface area contributed by atoms with E-state index in [-0.39, 0.29) is 11.4 Å². The molecule has 0 radical (unpaired) electrons. The molecular weight excluding hydrogens is 280 g/mol. The molecule has 0 heterocycles. The highest BCUT2D eigenvalue weighted by Crippen LogP contribution is 2.32. The average Bonchev–Trinajstić information content (AvgIpc) is 2.46. The fourth-order valence-electron chi connectivity index (χ4n) is 1.49. The lowest BCUT2D eigenvalue weighted by molar-refractivity contribution is -0.393. The van der Waals surface area contributed by atoms with Crippen molar-refractivity contribution in [3.8, 4) is 5.75 Å². The van der Waals surface area contributed by atoms with Crippen molar-refractivity contribution in [2.45, 2.75) is 0 Å². The summed E-state index contributed by atoms with van der Waals surface area (Å²) in [6.07, 6.45) is 0. The Morgan fingerprint density at radius 2 is 1.57 bits per heavy atom. The summed E-state index contributed by atoms with van der Waals surface area (Å²) in [6.45, 7) is 0. The molecule has 2 aromatic carbocycles. The summed E-state index contributed by atoms with van der Waals surface area (Å²) in [7, 11) is 0. The van der Waals surface area contributed by atoms with Gasteiger partial charge in [0.1, 0.15) is 5.75 Å². The number of hydrogen-bond donors (Lipinski definition) is 1. The van der Waals surface area contributed by atoms with Crippen LogP contribution in [0.1, 0.15) is 0 Å². The van der Waals surface area contributed by atoms with Crippen molar-refractivity contribution in [1.82, 2.24) is 0 Å². The molecule has 0 saturated heterocycles. The lowest BCUT2D eigenvalue weighted by atomic mass is 10.2. The normalized spacial score (nSPS) is 10.7. The minimum absolute atomic E-state index is 0.0512. The van der Waals surface area contributed by atoms with Crippen molar-refractivity contribution in [1.29, 1.82) is 0 Å². The molecule has 0 aromatic heterocycles. The molecule has 0 fully saturated rings. The Hall–Kier alpha value is -3.36. The molecule has 106 valence electrons. The van der Waals surface area contributed by atoms with E-state index in [0.717, 1.165) is 18.2 Å². The number of aromatic hydroxyl groups is 1. The largest absolute Gasteiger partial charge is 0.508 e. The number of phenolic OH excluding ortho intramolecular Hbond substituents is 1. The van der Waals surface area contributed by atoms with Crippen LogP contribution >= 0.6 is 0 Å². The van der Waals surface area contributed by atoms with Gasteiger partial charge in [-0.2, -0.15) is 5.11 Å². The molecule has 0 spiro atoms. The third kappa shape index (κ3) is 3.35. The van der Waals surface area contributed by atoms with Crippen LogP contribution in [0.3, 0.4) is 0 Å². The molecule has 0 amide bonds. The first-order valence-electron chi connectivity index (χ1n) is 5.61. The Morgan fingerprint density at radius 1 is 0.905 bits per heavy atom. The summed E-state index contributed by atoms with van der Waals surface area (Å²) in [5.41, 5.74) is -0.629. The van der Waals surface area contributed by atoms with E-state index in [1.807, 2.05) is 0 Å². The summed E-state index contributed by atoms with van der Waals surface area (Å²) in [6, 6.07) is 8.80. The van der Waals surface area contributed by atoms with Crippen LogP contribution in [0.2, 0.25) is 0 Å². The first kappa shape index (κ1) is 14.1. The van der Waals surface area contributed by atoms with Gasteiger partial charge in [0.2, 0.25) is 0 Å². The molecule has 0 aliphatic carbocycles. The fraction of sp³-hybridized carbons (Fsp3) is 0. The zero-order chi connectivity index (χ0) is 15.4. The maximum atomic E-state index is 10.9. The average molecular weight is 288 g/mol. The molecule has 0 aliphatic rings.